The first-order valence-corrected chi connectivity index (χ1v) is 6.38. The molecular weight excluding hydrogens is 268 g/mol. The number of aromatic nitrogens is 4. The molecular formula is C10H12N6O2S. The molecule has 0 aromatic carbocycles. The molecule has 0 spiro atoms. The number of thiazole rings is 1. The summed E-state index contributed by atoms with van der Waals surface area (Å²) < 4.78 is 0. The molecule has 2 aromatic heterocycles. The fourth-order valence-electron chi connectivity index (χ4n) is 1.32. The predicted octanol–water partition coefficient (Wildman–Crippen LogP) is 0.192. The van der Waals surface area contributed by atoms with Gasteiger partial charge >= 0.3 is 0 Å². The van der Waals surface area contributed by atoms with Crippen molar-refractivity contribution in [3.8, 4) is 0 Å². The summed E-state index contributed by atoms with van der Waals surface area (Å²) in [7, 11) is 0. The van der Waals surface area contributed by atoms with E-state index in [1.165, 1.54) is 24.6 Å². The van der Waals surface area contributed by atoms with Gasteiger partial charge in [0, 0.05) is 25.3 Å². The number of H-pyrrole nitrogens is 1. The first-order valence-electron chi connectivity index (χ1n) is 5.50. The van der Waals surface area contributed by atoms with E-state index in [0.29, 0.717) is 23.9 Å². The van der Waals surface area contributed by atoms with Gasteiger partial charge < -0.3 is 10.6 Å². The quantitative estimate of drug-likeness (QED) is 0.723. The number of nitrogens with one attached hydrogen (secondary N) is 3. The van der Waals surface area contributed by atoms with Crippen molar-refractivity contribution < 1.29 is 9.59 Å². The Balaban J connectivity index is 1.82. The average molecular weight is 280 g/mol. The van der Waals surface area contributed by atoms with Crippen molar-refractivity contribution in [3.63, 3.8) is 0 Å². The molecule has 8 nitrogen and oxygen atoms in total. The van der Waals surface area contributed by atoms with Gasteiger partial charge in [-0.1, -0.05) is 0 Å². The highest BCUT2D eigenvalue weighted by molar-refractivity contribution is 7.14. The summed E-state index contributed by atoms with van der Waals surface area (Å²) in [6.45, 7) is 1.82. The van der Waals surface area contributed by atoms with Crippen LogP contribution >= 0.6 is 11.3 Å². The molecule has 3 N–H and O–H groups in total. The molecule has 0 atom stereocenters. The van der Waals surface area contributed by atoms with Gasteiger partial charge in [0.25, 0.3) is 5.91 Å². The molecule has 19 heavy (non-hydrogen) atoms. The molecule has 0 saturated carbocycles. The Morgan fingerprint density at radius 1 is 1.47 bits per heavy atom. The molecule has 100 valence electrons. The number of hydrogen-bond donors (Lipinski definition) is 3. The van der Waals surface area contributed by atoms with E-state index >= 15 is 0 Å². The van der Waals surface area contributed by atoms with Crippen molar-refractivity contribution in [3.05, 3.63) is 23.2 Å². The summed E-state index contributed by atoms with van der Waals surface area (Å²) >= 11 is 1.21. The third-order valence-corrected chi connectivity index (χ3v) is 2.89. The number of carbonyl (C=O) groups excluding carboxylic acids is 2. The molecule has 0 saturated heterocycles. The van der Waals surface area contributed by atoms with Crippen LogP contribution in [-0.4, -0.2) is 38.5 Å². The minimum atomic E-state index is -0.285. The maximum absolute atomic E-state index is 11.7. The van der Waals surface area contributed by atoms with Crippen LogP contribution in [0.25, 0.3) is 0 Å². The van der Waals surface area contributed by atoms with E-state index in [0.717, 1.165) is 0 Å². The van der Waals surface area contributed by atoms with E-state index < -0.39 is 0 Å². The molecule has 2 amide bonds. The van der Waals surface area contributed by atoms with E-state index in [1.807, 2.05) is 0 Å². The maximum atomic E-state index is 11.7. The largest absolute Gasteiger partial charge is 0.350 e. The number of carbonyl (C=O) groups is 2. The normalized spacial score (nSPS) is 10.2. The number of aromatic amines is 1. The lowest BCUT2D eigenvalue weighted by molar-refractivity contribution is -0.114. The lowest BCUT2D eigenvalue weighted by atomic mass is 10.4. The summed E-state index contributed by atoms with van der Waals surface area (Å²) in [5.74, 6) is 0.205. The fourth-order valence-corrected chi connectivity index (χ4v) is 2.06. The van der Waals surface area contributed by atoms with E-state index in [9.17, 15) is 9.59 Å². The summed E-state index contributed by atoms with van der Waals surface area (Å²) in [6.07, 6.45) is 1.98. The van der Waals surface area contributed by atoms with Crippen molar-refractivity contribution in [2.45, 2.75) is 13.3 Å². The lowest BCUT2D eigenvalue weighted by Gasteiger charge is -2.00. The first-order chi connectivity index (χ1) is 9.15. The van der Waals surface area contributed by atoms with Crippen molar-refractivity contribution in [1.82, 2.24) is 25.5 Å². The second kappa shape index (κ2) is 6.05. The van der Waals surface area contributed by atoms with Crippen LogP contribution in [0.4, 0.5) is 5.13 Å². The Bertz CT molecular complexity index is 564. The van der Waals surface area contributed by atoms with Gasteiger partial charge in [-0.25, -0.2) is 9.97 Å². The number of nitrogens with zero attached hydrogens (tertiary/aromatic N) is 3. The predicted molar refractivity (Wildman–Crippen MR) is 68.8 cm³/mol. The van der Waals surface area contributed by atoms with Crippen molar-refractivity contribution >= 4 is 28.3 Å². The van der Waals surface area contributed by atoms with Gasteiger partial charge in [-0.2, -0.15) is 5.10 Å². The molecule has 2 rings (SSSR count). The second-order valence-electron chi connectivity index (χ2n) is 3.66. The van der Waals surface area contributed by atoms with Crippen LogP contribution in [0.5, 0.6) is 0 Å². The van der Waals surface area contributed by atoms with Crippen molar-refractivity contribution in [2.24, 2.45) is 0 Å². The fraction of sp³-hybridized carbons (Fsp3) is 0.300. The standard InChI is InChI=1S/C10H12N6O2S/c1-6(17)14-10-15-7(4-19-10)9(18)11-3-2-8-12-5-13-16-8/h4-5H,2-3H2,1H3,(H,11,18)(H,12,13,16)(H,14,15,17). The Kier molecular flexibility index (Phi) is 4.18. The smallest absolute Gasteiger partial charge is 0.270 e. The highest BCUT2D eigenvalue weighted by atomic mass is 32.1. The van der Waals surface area contributed by atoms with Crippen LogP contribution in [0.3, 0.4) is 0 Å². The zero-order valence-corrected chi connectivity index (χ0v) is 11.0. The van der Waals surface area contributed by atoms with Crippen molar-refractivity contribution in [2.75, 3.05) is 11.9 Å². The third-order valence-electron chi connectivity index (χ3n) is 2.13. The molecule has 0 fully saturated rings. The Hall–Kier alpha value is -2.29. The van der Waals surface area contributed by atoms with Gasteiger partial charge in [0.1, 0.15) is 17.8 Å². The maximum Gasteiger partial charge on any atom is 0.270 e. The molecule has 0 unspecified atom stereocenters. The number of anilines is 1. The van der Waals surface area contributed by atoms with E-state index in [1.54, 1.807) is 5.38 Å². The van der Waals surface area contributed by atoms with Crippen molar-refractivity contribution in [1.29, 1.82) is 0 Å². The lowest BCUT2D eigenvalue weighted by Crippen LogP contribution is -2.26. The number of amides is 2. The summed E-state index contributed by atoms with van der Waals surface area (Å²) in [6, 6.07) is 0. The summed E-state index contributed by atoms with van der Waals surface area (Å²) in [4.78, 5) is 30.5. The molecule has 2 aromatic rings. The van der Waals surface area contributed by atoms with Gasteiger partial charge in [0.05, 0.1) is 0 Å². The van der Waals surface area contributed by atoms with Crippen LogP contribution in [0.2, 0.25) is 0 Å². The minimum absolute atomic E-state index is 0.216. The Labute approximate surface area is 112 Å². The van der Waals surface area contributed by atoms with Crippen LogP contribution in [0.15, 0.2) is 11.7 Å². The van der Waals surface area contributed by atoms with Crippen LogP contribution < -0.4 is 10.6 Å². The average Bonchev–Trinajstić information content (AvgIpc) is 2.99. The number of rotatable bonds is 5. The highest BCUT2D eigenvalue weighted by Crippen LogP contribution is 2.14. The molecule has 9 heteroatoms. The van der Waals surface area contributed by atoms with Crippen LogP contribution in [0, 0.1) is 0 Å². The molecule has 0 aliphatic heterocycles. The second-order valence-corrected chi connectivity index (χ2v) is 4.52. The minimum Gasteiger partial charge on any atom is -0.350 e. The van der Waals surface area contributed by atoms with Crippen LogP contribution in [0.1, 0.15) is 23.2 Å². The Morgan fingerprint density at radius 3 is 3.00 bits per heavy atom. The SMILES string of the molecule is CC(=O)Nc1nc(C(=O)NCCc2ncn[nH]2)cs1. The van der Waals surface area contributed by atoms with Gasteiger partial charge in [-0.05, 0) is 0 Å². The summed E-state index contributed by atoms with van der Waals surface area (Å²) in [5, 5.41) is 13.6. The number of hydrogen-bond acceptors (Lipinski definition) is 6. The van der Waals surface area contributed by atoms with E-state index in [-0.39, 0.29) is 17.5 Å². The van der Waals surface area contributed by atoms with Crippen LogP contribution in [-0.2, 0) is 11.2 Å². The van der Waals surface area contributed by atoms with Gasteiger partial charge in [0.2, 0.25) is 5.91 Å². The monoisotopic (exact) mass is 280 g/mol. The molecule has 0 aliphatic carbocycles. The molecule has 2 heterocycles. The van der Waals surface area contributed by atoms with Gasteiger partial charge in [-0.15, -0.1) is 11.3 Å². The molecule has 0 bridgehead atoms. The summed E-state index contributed by atoms with van der Waals surface area (Å²) in [5.41, 5.74) is 0.284. The first kappa shape index (κ1) is 13.1. The zero-order valence-electron chi connectivity index (χ0n) is 10.1. The zero-order chi connectivity index (χ0) is 13.7. The van der Waals surface area contributed by atoms with E-state index in [4.69, 9.17) is 0 Å². The topological polar surface area (TPSA) is 113 Å². The third kappa shape index (κ3) is 3.85. The molecule has 0 radical (unpaired) electrons. The molecule has 0 aliphatic rings. The van der Waals surface area contributed by atoms with Gasteiger partial charge in [-0.3, -0.25) is 14.7 Å². The highest BCUT2D eigenvalue weighted by Gasteiger charge is 2.11. The van der Waals surface area contributed by atoms with E-state index in [2.05, 4.69) is 30.8 Å². The van der Waals surface area contributed by atoms with Gasteiger partial charge in [0.15, 0.2) is 5.13 Å². The Morgan fingerprint density at radius 2 is 2.32 bits per heavy atom.